The van der Waals surface area contributed by atoms with Gasteiger partial charge in [-0.05, 0) is 76.8 Å². The lowest BCUT2D eigenvalue weighted by Gasteiger charge is -2.37. The van der Waals surface area contributed by atoms with Gasteiger partial charge >= 0.3 is 5.97 Å². The van der Waals surface area contributed by atoms with E-state index >= 15 is 0 Å². The lowest BCUT2D eigenvalue weighted by Crippen LogP contribution is -2.24. The van der Waals surface area contributed by atoms with Gasteiger partial charge in [0.1, 0.15) is 11.6 Å². The summed E-state index contributed by atoms with van der Waals surface area (Å²) in [5, 5.41) is 20.7. The smallest absolute Gasteiger partial charge is 0.308 e. The maximum Gasteiger partial charge on any atom is 0.308 e. The molecule has 36 heavy (non-hydrogen) atoms. The fraction of sp³-hybridized carbons (Fsp3) is 0.367. The van der Waals surface area contributed by atoms with Crippen LogP contribution >= 0.6 is 0 Å². The second-order valence-electron chi connectivity index (χ2n) is 9.77. The fourth-order valence-corrected chi connectivity index (χ4v) is 5.45. The zero-order chi connectivity index (χ0) is 25.7. The number of allylic oxidation sites excluding steroid dienone is 5. The van der Waals surface area contributed by atoms with Crippen LogP contribution in [-0.2, 0) is 9.53 Å². The minimum absolute atomic E-state index is 0.00836. The summed E-state index contributed by atoms with van der Waals surface area (Å²) in [5.74, 6) is -1.14. The van der Waals surface area contributed by atoms with E-state index in [1.54, 1.807) is 30.3 Å². The number of halogens is 2. The molecule has 2 aliphatic rings. The lowest BCUT2D eigenvalue weighted by molar-refractivity contribution is -0.143. The van der Waals surface area contributed by atoms with Crippen molar-refractivity contribution in [3.05, 3.63) is 95.1 Å². The molecule has 1 fully saturated rings. The van der Waals surface area contributed by atoms with Crippen molar-refractivity contribution in [1.29, 1.82) is 0 Å². The third-order valence-electron chi connectivity index (χ3n) is 7.27. The summed E-state index contributed by atoms with van der Waals surface area (Å²) in [4.78, 5) is 11.4. The average Bonchev–Trinajstić information content (AvgIpc) is 3.32. The van der Waals surface area contributed by atoms with Crippen molar-refractivity contribution in [3.63, 3.8) is 0 Å². The van der Waals surface area contributed by atoms with Gasteiger partial charge in [-0.15, -0.1) is 0 Å². The van der Waals surface area contributed by atoms with Gasteiger partial charge in [-0.2, -0.15) is 0 Å². The van der Waals surface area contributed by atoms with Crippen molar-refractivity contribution in [1.82, 2.24) is 0 Å². The highest BCUT2D eigenvalue weighted by Crippen LogP contribution is 2.55. The van der Waals surface area contributed by atoms with Crippen molar-refractivity contribution >= 4 is 17.1 Å². The Bertz CT molecular complexity index is 1160. The van der Waals surface area contributed by atoms with Gasteiger partial charge in [-0.1, -0.05) is 55.3 Å². The molecule has 2 unspecified atom stereocenters. The fourth-order valence-electron chi connectivity index (χ4n) is 5.45. The topological polar surface area (TPSA) is 66.8 Å². The van der Waals surface area contributed by atoms with Gasteiger partial charge in [-0.3, -0.25) is 4.79 Å². The Kier molecular flexibility index (Phi) is 8.17. The molecule has 1 spiro atoms. The largest absolute Gasteiger partial charge is 0.469 e. The van der Waals surface area contributed by atoms with E-state index in [9.17, 15) is 23.8 Å². The molecule has 2 aliphatic carbocycles. The number of carbonyl (C=O) groups is 1. The summed E-state index contributed by atoms with van der Waals surface area (Å²) in [6, 6.07) is 12.9. The summed E-state index contributed by atoms with van der Waals surface area (Å²) in [6.45, 7) is 0. The van der Waals surface area contributed by atoms with Gasteiger partial charge < -0.3 is 14.9 Å². The second-order valence-corrected chi connectivity index (χ2v) is 9.77. The number of hydrogen-bond donors (Lipinski definition) is 2. The third kappa shape index (κ3) is 6.00. The van der Waals surface area contributed by atoms with Gasteiger partial charge in [0, 0.05) is 6.42 Å². The first-order chi connectivity index (χ1) is 17.3. The minimum Gasteiger partial charge on any atom is -0.469 e. The third-order valence-corrected chi connectivity index (χ3v) is 7.27. The van der Waals surface area contributed by atoms with Crippen molar-refractivity contribution in [2.24, 2.45) is 5.41 Å². The maximum absolute atomic E-state index is 13.7. The highest BCUT2D eigenvalue weighted by atomic mass is 19.1. The van der Waals surface area contributed by atoms with Crippen LogP contribution in [0.25, 0.3) is 11.1 Å². The number of carbonyl (C=O) groups excluding carboxylic acids is 1. The van der Waals surface area contributed by atoms with Crippen LogP contribution in [0.4, 0.5) is 8.78 Å². The highest BCUT2D eigenvalue weighted by molar-refractivity contribution is 5.90. The minimum atomic E-state index is -1.01. The normalized spacial score (nSPS) is 19.0. The molecule has 0 heterocycles. The van der Waals surface area contributed by atoms with Crippen LogP contribution in [0.5, 0.6) is 0 Å². The van der Waals surface area contributed by atoms with Crippen molar-refractivity contribution in [2.75, 3.05) is 7.11 Å². The number of ether oxygens (including phenoxy) is 1. The van der Waals surface area contributed by atoms with Crippen molar-refractivity contribution in [3.8, 4) is 0 Å². The predicted octanol–water partition coefficient (Wildman–Crippen LogP) is 6.00. The first-order valence-corrected chi connectivity index (χ1v) is 12.4. The maximum atomic E-state index is 13.7. The van der Waals surface area contributed by atoms with Crippen LogP contribution in [0.2, 0.25) is 0 Å². The van der Waals surface area contributed by atoms with Gasteiger partial charge in [0.25, 0.3) is 0 Å². The van der Waals surface area contributed by atoms with E-state index in [0.717, 1.165) is 60.0 Å². The number of esters is 1. The summed E-state index contributed by atoms with van der Waals surface area (Å²) in [5.41, 5.74) is 4.77. The molecule has 4 rings (SSSR count). The number of aliphatic hydroxyl groups is 2. The van der Waals surface area contributed by atoms with Gasteiger partial charge in [-0.25, -0.2) is 8.78 Å². The van der Waals surface area contributed by atoms with Gasteiger partial charge in [0.2, 0.25) is 0 Å². The summed E-state index contributed by atoms with van der Waals surface area (Å²) in [6.07, 6.45) is 8.41. The molecule has 0 bridgehead atoms. The molecule has 2 atom stereocenters. The Morgan fingerprint density at radius 1 is 1.00 bits per heavy atom. The Morgan fingerprint density at radius 2 is 1.58 bits per heavy atom. The van der Waals surface area contributed by atoms with E-state index in [0.29, 0.717) is 0 Å². The summed E-state index contributed by atoms with van der Waals surface area (Å²) < 4.78 is 31.9. The van der Waals surface area contributed by atoms with Crippen LogP contribution in [0.15, 0.2) is 72.3 Å². The van der Waals surface area contributed by atoms with E-state index < -0.39 is 18.2 Å². The zero-order valence-electron chi connectivity index (χ0n) is 20.4. The quantitative estimate of drug-likeness (QED) is 0.442. The van der Waals surface area contributed by atoms with Crippen LogP contribution in [-0.4, -0.2) is 35.5 Å². The standard InChI is InChI=1S/C30H32F2O4/c1-36-29(35)18-26(34)17-25(33)12-13-28-27(21-6-10-24(32)11-7-21)16-22(19-30(28)14-2-3-15-30)20-4-8-23(31)9-5-20/h4-13,16,25-26,33-34H,2-3,14-15,17-19H2,1H3/b13-12+. The monoisotopic (exact) mass is 494 g/mol. The molecule has 0 amide bonds. The molecule has 2 aromatic rings. The molecule has 190 valence electrons. The zero-order valence-corrected chi connectivity index (χ0v) is 20.4. The number of hydrogen-bond acceptors (Lipinski definition) is 4. The summed E-state index contributed by atoms with van der Waals surface area (Å²) in [7, 11) is 1.26. The van der Waals surface area contributed by atoms with Gasteiger partial charge in [0.15, 0.2) is 0 Å². The molecule has 0 aromatic heterocycles. The highest BCUT2D eigenvalue weighted by Gasteiger charge is 2.41. The molecule has 2 N–H and O–H groups in total. The average molecular weight is 495 g/mol. The lowest BCUT2D eigenvalue weighted by atomic mass is 9.66. The van der Waals surface area contributed by atoms with Crippen LogP contribution in [0.3, 0.4) is 0 Å². The number of aliphatic hydroxyl groups excluding tert-OH is 2. The molecule has 6 heteroatoms. The van der Waals surface area contributed by atoms with E-state index in [1.807, 2.05) is 6.08 Å². The number of rotatable bonds is 8. The molecule has 4 nitrogen and oxygen atoms in total. The second kappa shape index (κ2) is 11.3. The molecule has 0 aliphatic heterocycles. The molecule has 0 radical (unpaired) electrons. The van der Waals surface area contributed by atoms with Crippen LogP contribution in [0.1, 0.15) is 56.1 Å². The Morgan fingerprint density at radius 3 is 2.17 bits per heavy atom. The Hall–Kier alpha value is -3.09. The SMILES string of the molecule is COC(=O)CC(O)CC(O)/C=C/C1=C(c2ccc(F)cc2)C=C(c2ccc(F)cc2)CC12CCCC2. The van der Waals surface area contributed by atoms with Crippen molar-refractivity contribution < 1.29 is 28.5 Å². The molecule has 1 saturated carbocycles. The molecular formula is C30H32F2O4. The van der Waals surface area contributed by atoms with Crippen LogP contribution in [0, 0.1) is 17.0 Å². The Labute approximate surface area is 210 Å². The first-order valence-electron chi connectivity index (χ1n) is 12.4. The van der Waals surface area contributed by atoms with E-state index in [-0.39, 0.29) is 29.9 Å². The Balaban J connectivity index is 1.74. The van der Waals surface area contributed by atoms with E-state index in [1.165, 1.54) is 31.4 Å². The number of methoxy groups -OCH3 is 1. The van der Waals surface area contributed by atoms with Crippen LogP contribution < -0.4 is 0 Å². The van der Waals surface area contributed by atoms with Gasteiger partial charge in [0.05, 0.1) is 25.7 Å². The molecule has 0 saturated heterocycles. The number of benzene rings is 2. The predicted molar refractivity (Wildman–Crippen MR) is 136 cm³/mol. The van der Waals surface area contributed by atoms with Crippen molar-refractivity contribution in [2.45, 2.75) is 57.2 Å². The van der Waals surface area contributed by atoms with E-state index in [4.69, 9.17) is 0 Å². The molecule has 2 aromatic carbocycles. The first kappa shape index (κ1) is 26.0. The molecular weight excluding hydrogens is 462 g/mol. The summed E-state index contributed by atoms with van der Waals surface area (Å²) >= 11 is 0. The van der Waals surface area contributed by atoms with E-state index in [2.05, 4.69) is 10.8 Å².